The molecule has 1 aliphatic heterocycles. The van der Waals surface area contributed by atoms with Crippen molar-refractivity contribution < 1.29 is 4.57 Å². The summed E-state index contributed by atoms with van der Waals surface area (Å²) in [6.07, 6.45) is 0.300. The Morgan fingerprint density at radius 2 is 1.84 bits per heavy atom. The molecule has 1 atom stereocenters. The lowest BCUT2D eigenvalue weighted by atomic mass is 10.1. The molecule has 4 rings (SSSR count). The van der Waals surface area contributed by atoms with Crippen LogP contribution in [0.15, 0.2) is 53.5 Å². The minimum atomic E-state index is -3.35. The number of fused-ring (bicyclic) bond motifs is 1. The highest BCUT2D eigenvalue weighted by atomic mass is 31.2. The van der Waals surface area contributed by atoms with E-state index in [-0.39, 0.29) is 0 Å². The average molecular weight is 432 g/mol. The number of nitrogens with one attached hydrogen (secondary N) is 1. The van der Waals surface area contributed by atoms with Gasteiger partial charge in [-0.15, -0.1) is 0 Å². The summed E-state index contributed by atoms with van der Waals surface area (Å²) in [5.74, 6) is 1.15. The summed E-state index contributed by atoms with van der Waals surface area (Å²) in [6, 6.07) is 17.8. The molecule has 2 aromatic carbocycles. The molecule has 0 saturated carbocycles. The van der Waals surface area contributed by atoms with E-state index in [4.69, 9.17) is 10.3 Å². The molecular formula is C23H25N6OP. The zero-order valence-electron chi connectivity index (χ0n) is 18.1. The van der Waals surface area contributed by atoms with Crippen LogP contribution in [-0.2, 0) is 11.1 Å². The van der Waals surface area contributed by atoms with Crippen LogP contribution in [0.2, 0.25) is 0 Å². The van der Waals surface area contributed by atoms with Gasteiger partial charge in [0.05, 0.1) is 24.7 Å². The van der Waals surface area contributed by atoms with E-state index in [1.165, 1.54) is 0 Å². The summed E-state index contributed by atoms with van der Waals surface area (Å²) < 4.78 is 18.2. The van der Waals surface area contributed by atoms with E-state index in [9.17, 15) is 4.57 Å². The SMILES string of the molecule is Cc1cccc(N[P@]2(=O)c3c(C)nn(CCC#N)c3N=C(c3ccccc3)N2C)c1C. The van der Waals surface area contributed by atoms with Crippen molar-refractivity contribution in [2.75, 3.05) is 12.1 Å². The van der Waals surface area contributed by atoms with Crippen LogP contribution in [-0.4, -0.2) is 27.3 Å². The summed E-state index contributed by atoms with van der Waals surface area (Å²) in [6.45, 7) is 6.29. The molecule has 31 heavy (non-hydrogen) atoms. The second kappa shape index (κ2) is 8.05. The maximum atomic E-state index is 14.7. The van der Waals surface area contributed by atoms with Crippen LogP contribution in [0, 0.1) is 32.1 Å². The van der Waals surface area contributed by atoms with Crippen LogP contribution in [0.3, 0.4) is 0 Å². The fraction of sp³-hybridized carbons (Fsp3) is 0.261. The average Bonchev–Trinajstić information content (AvgIpc) is 3.09. The number of anilines is 1. The number of aliphatic imine (C=N–C) groups is 1. The highest BCUT2D eigenvalue weighted by Gasteiger charge is 2.43. The summed E-state index contributed by atoms with van der Waals surface area (Å²) in [5.41, 5.74) is 4.50. The van der Waals surface area contributed by atoms with E-state index >= 15 is 0 Å². The maximum Gasteiger partial charge on any atom is 0.296 e. The highest BCUT2D eigenvalue weighted by molar-refractivity contribution is 7.72. The van der Waals surface area contributed by atoms with Crippen molar-refractivity contribution in [1.29, 1.82) is 5.26 Å². The first-order valence-corrected chi connectivity index (χ1v) is 11.8. The van der Waals surface area contributed by atoms with Crippen molar-refractivity contribution in [1.82, 2.24) is 14.5 Å². The molecule has 1 N–H and O–H groups in total. The third-order valence-corrected chi connectivity index (χ3v) is 8.37. The van der Waals surface area contributed by atoms with Gasteiger partial charge in [-0.05, 0) is 38.0 Å². The van der Waals surface area contributed by atoms with Crippen molar-refractivity contribution >= 4 is 30.1 Å². The third kappa shape index (κ3) is 3.54. The van der Waals surface area contributed by atoms with E-state index in [2.05, 4.69) is 16.3 Å². The first-order chi connectivity index (χ1) is 14.9. The van der Waals surface area contributed by atoms with Crippen molar-refractivity contribution in [3.8, 4) is 6.07 Å². The molecule has 158 valence electrons. The van der Waals surface area contributed by atoms with E-state index in [1.807, 2.05) is 69.3 Å². The van der Waals surface area contributed by atoms with Gasteiger partial charge in [0.1, 0.15) is 11.1 Å². The number of aromatic nitrogens is 2. The molecule has 0 saturated heterocycles. The van der Waals surface area contributed by atoms with Crippen LogP contribution in [0.4, 0.5) is 11.5 Å². The largest absolute Gasteiger partial charge is 0.316 e. The predicted octanol–water partition coefficient (Wildman–Crippen LogP) is 4.68. The second-order valence-electron chi connectivity index (χ2n) is 7.65. The number of hydrogen-bond donors (Lipinski definition) is 1. The van der Waals surface area contributed by atoms with Gasteiger partial charge >= 0.3 is 0 Å². The molecule has 0 amide bonds. The minimum absolute atomic E-state index is 0.300. The molecule has 2 heterocycles. The Hall–Kier alpha value is -3.36. The zero-order valence-corrected chi connectivity index (χ0v) is 19.0. The van der Waals surface area contributed by atoms with Crippen LogP contribution >= 0.6 is 7.44 Å². The fourth-order valence-electron chi connectivity index (χ4n) is 3.80. The lowest BCUT2D eigenvalue weighted by Crippen LogP contribution is -2.36. The van der Waals surface area contributed by atoms with E-state index in [0.29, 0.717) is 35.6 Å². The second-order valence-corrected chi connectivity index (χ2v) is 10.1. The van der Waals surface area contributed by atoms with Gasteiger partial charge in [-0.1, -0.05) is 42.5 Å². The van der Waals surface area contributed by atoms with Crippen molar-refractivity contribution in [2.24, 2.45) is 4.99 Å². The van der Waals surface area contributed by atoms with Gasteiger partial charge < -0.3 is 5.09 Å². The highest BCUT2D eigenvalue weighted by Crippen LogP contribution is 2.54. The van der Waals surface area contributed by atoms with Gasteiger partial charge in [-0.2, -0.15) is 10.4 Å². The third-order valence-electron chi connectivity index (χ3n) is 5.66. The van der Waals surface area contributed by atoms with Gasteiger partial charge in [0.25, 0.3) is 7.44 Å². The van der Waals surface area contributed by atoms with Gasteiger partial charge in [-0.25, -0.2) is 9.67 Å². The molecule has 0 unspecified atom stereocenters. The van der Waals surface area contributed by atoms with Crippen LogP contribution in [0.25, 0.3) is 0 Å². The molecule has 0 fully saturated rings. The topological polar surface area (TPSA) is 86.3 Å². The Bertz CT molecular complexity index is 1260. The van der Waals surface area contributed by atoms with E-state index in [0.717, 1.165) is 22.4 Å². The Balaban J connectivity index is 1.93. The molecule has 1 aromatic heterocycles. The van der Waals surface area contributed by atoms with Crippen LogP contribution < -0.4 is 10.4 Å². The number of aryl methyl sites for hydroxylation is 3. The van der Waals surface area contributed by atoms with E-state index < -0.39 is 7.44 Å². The number of hydrogen-bond acceptors (Lipinski definition) is 4. The minimum Gasteiger partial charge on any atom is -0.316 e. The number of benzene rings is 2. The normalized spacial score (nSPS) is 17.6. The molecule has 0 spiro atoms. The molecule has 0 aliphatic carbocycles. The van der Waals surface area contributed by atoms with Crippen molar-refractivity contribution in [3.05, 3.63) is 70.9 Å². The Morgan fingerprint density at radius 1 is 1.10 bits per heavy atom. The van der Waals surface area contributed by atoms with Gasteiger partial charge in [0.2, 0.25) is 0 Å². The lowest BCUT2D eigenvalue weighted by molar-refractivity contribution is 0.553. The summed E-state index contributed by atoms with van der Waals surface area (Å²) in [7, 11) is -1.54. The Morgan fingerprint density at radius 3 is 2.55 bits per heavy atom. The Kier molecular flexibility index (Phi) is 5.43. The summed E-state index contributed by atoms with van der Waals surface area (Å²) >= 11 is 0. The van der Waals surface area contributed by atoms with Gasteiger partial charge in [-0.3, -0.25) is 9.24 Å². The van der Waals surface area contributed by atoms with Crippen molar-refractivity contribution in [3.63, 3.8) is 0 Å². The summed E-state index contributed by atoms with van der Waals surface area (Å²) in [4.78, 5) is 4.87. The first kappa shape index (κ1) is 20.9. The van der Waals surface area contributed by atoms with Crippen LogP contribution in [0.1, 0.15) is 28.8 Å². The molecule has 1 aliphatic rings. The molecule has 3 aromatic rings. The molecule has 0 bridgehead atoms. The molecule has 7 nitrogen and oxygen atoms in total. The van der Waals surface area contributed by atoms with E-state index in [1.54, 1.807) is 16.4 Å². The maximum absolute atomic E-state index is 14.7. The number of nitriles is 1. The van der Waals surface area contributed by atoms with Gasteiger partial charge in [0, 0.05) is 18.3 Å². The first-order valence-electron chi connectivity index (χ1n) is 10.1. The molecule has 8 heteroatoms. The molecular weight excluding hydrogens is 407 g/mol. The predicted molar refractivity (Wildman–Crippen MR) is 124 cm³/mol. The summed E-state index contributed by atoms with van der Waals surface area (Å²) in [5, 5.41) is 17.6. The van der Waals surface area contributed by atoms with Crippen molar-refractivity contribution in [2.45, 2.75) is 33.7 Å². The van der Waals surface area contributed by atoms with Gasteiger partial charge in [0.15, 0.2) is 5.82 Å². The Labute approximate surface area is 182 Å². The van der Waals surface area contributed by atoms with Crippen LogP contribution in [0.5, 0.6) is 0 Å². The number of rotatable bonds is 5. The number of nitrogens with zero attached hydrogens (tertiary/aromatic N) is 5. The standard InChI is InChI=1S/C23H25N6OP/c1-16-10-8-13-20(17(16)2)27-31(30)21-18(3)26-29(15-9-14-24)23(21)25-22(28(31)4)19-11-6-5-7-12-19/h5-8,10-13H,9,15H2,1-4H3,(H,27,30)/t31-/m1/s1. The zero-order chi connectivity index (χ0) is 22.2. The quantitative estimate of drug-likeness (QED) is 0.592. The number of amidine groups is 1. The monoisotopic (exact) mass is 432 g/mol. The smallest absolute Gasteiger partial charge is 0.296 e. The lowest BCUT2D eigenvalue weighted by Gasteiger charge is -2.35. The molecule has 0 radical (unpaired) electrons. The fourth-order valence-corrected chi connectivity index (χ4v) is 6.28.